The van der Waals surface area contributed by atoms with Crippen molar-refractivity contribution in [1.29, 1.82) is 0 Å². The molecule has 0 saturated heterocycles. The second-order valence-electron chi connectivity index (χ2n) is 25.5. The molecule has 0 saturated carbocycles. The van der Waals surface area contributed by atoms with Crippen LogP contribution in [0.4, 0.5) is 68.2 Å². The van der Waals surface area contributed by atoms with E-state index in [0.717, 1.165) is 152 Å². The van der Waals surface area contributed by atoms with Crippen molar-refractivity contribution in [1.82, 2.24) is 0 Å². The Balaban J connectivity index is 0.910. The molecule has 458 valence electrons. The molecule has 0 fully saturated rings. The molecule has 0 radical (unpaired) electrons. The van der Waals surface area contributed by atoms with Crippen LogP contribution < -0.4 is 61.9 Å². The molecule has 0 amide bonds. The fraction of sp³-hybridized carbons (Fsp3) is 0. The Morgan fingerprint density at radius 1 is 0.214 bits per heavy atom. The summed E-state index contributed by atoms with van der Waals surface area (Å²) < 4.78 is 14.5. The number of fused-ring (bicyclic) bond motifs is 8. The predicted octanol–water partition coefficient (Wildman–Crippen LogP) is 20.1. The van der Waals surface area contributed by atoms with Crippen LogP contribution in [0.2, 0.25) is 0 Å². The maximum absolute atomic E-state index is 7.29. The molecule has 0 N–H and O–H groups in total. The van der Waals surface area contributed by atoms with Gasteiger partial charge in [-0.1, -0.05) is 237 Å². The number of benzene rings is 15. The molecule has 4 heterocycles. The van der Waals surface area contributed by atoms with E-state index in [1.54, 1.807) is 0 Å². The third-order valence-electron chi connectivity index (χ3n) is 19.9. The third kappa shape index (κ3) is 9.59. The van der Waals surface area contributed by atoms with Crippen LogP contribution in [0, 0.1) is 0 Å². The molecule has 4 aliphatic rings. The zero-order valence-corrected chi connectivity index (χ0v) is 53.4. The van der Waals surface area contributed by atoms with E-state index in [1.165, 1.54) is 16.4 Å². The van der Waals surface area contributed by atoms with Crippen LogP contribution in [0.3, 0.4) is 0 Å². The normalized spacial score (nSPS) is 12.6. The molecular formula is C90H60B2N4O2. The van der Waals surface area contributed by atoms with Crippen LogP contribution in [0.15, 0.2) is 364 Å². The first-order valence-corrected chi connectivity index (χ1v) is 33.6. The van der Waals surface area contributed by atoms with Gasteiger partial charge in [-0.25, -0.2) is 0 Å². The highest BCUT2D eigenvalue weighted by molar-refractivity contribution is 7.00. The molecule has 4 aliphatic heterocycles. The maximum atomic E-state index is 7.29. The molecule has 98 heavy (non-hydrogen) atoms. The number of anilines is 12. The van der Waals surface area contributed by atoms with Crippen molar-refractivity contribution in [3.8, 4) is 67.5 Å². The van der Waals surface area contributed by atoms with E-state index in [-0.39, 0.29) is 13.4 Å². The van der Waals surface area contributed by atoms with Crippen molar-refractivity contribution in [2.75, 3.05) is 19.6 Å². The van der Waals surface area contributed by atoms with Gasteiger partial charge in [0.2, 0.25) is 0 Å². The number of hydrogen-bond donors (Lipinski definition) is 0. The molecule has 0 spiro atoms. The van der Waals surface area contributed by atoms with Crippen molar-refractivity contribution in [2.45, 2.75) is 0 Å². The molecule has 15 aromatic rings. The summed E-state index contributed by atoms with van der Waals surface area (Å²) in [4.78, 5) is 9.88. The van der Waals surface area contributed by atoms with E-state index >= 15 is 0 Å². The van der Waals surface area contributed by atoms with Crippen molar-refractivity contribution in [3.05, 3.63) is 364 Å². The molecule has 8 heteroatoms. The van der Waals surface area contributed by atoms with Crippen LogP contribution in [0.25, 0.3) is 44.5 Å². The topological polar surface area (TPSA) is 31.4 Å². The lowest BCUT2D eigenvalue weighted by Crippen LogP contribution is -2.61. The molecule has 0 bridgehead atoms. The largest absolute Gasteiger partial charge is 0.458 e. The average molecular weight is 1250 g/mol. The Labute approximate surface area is 571 Å². The van der Waals surface area contributed by atoms with E-state index in [4.69, 9.17) is 9.47 Å². The predicted molar refractivity (Wildman–Crippen MR) is 409 cm³/mol. The van der Waals surface area contributed by atoms with E-state index < -0.39 is 0 Å². The minimum Gasteiger partial charge on any atom is -0.458 e. The zero-order chi connectivity index (χ0) is 64.6. The van der Waals surface area contributed by atoms with Gasteiger partial charge in [0.05, 0.1) is 5.69 Å². The summed E-state index contributed by atoms with van der Waals surface area (Å²) in [6.45, 7) is -0.381. The van der Waals surface area contributed by atoms with Crippen molar-refractivity contribution < 1.29 is 9.47 Å². The number of para-hydroxylation sites is 6. The highest BCUT2D eigenvalue weighted by atomic mass is 16.5. The number of hydrogen-bond acceptors (Lipinski definition) is 6. The Kier molecular flexibility index (Phi) is 13.7. The maximum Gasteiger partial charge on any atom is 0.260 e. The van der Waals surface area contributed by atoms with Crippen LogP contribution in [0.1, 0.15) is 0 Å². The highest BCUT2D eigenvalue weighted by Crippen LogP contribution is 2.52. The van der Waals surface area contributed by atoms with Gasteiger partial charge >= 0.3 is 0 Å². The molecule has 0 aliphatic carbocycles. The summed E-state index contributed by atoms with van der Waals surface area (Å²) in [5.41, 5.74) is 28.2. The molecule has 0 atom stereocenters. The van der Waals surface area contributed by atoms with Gasteiger partial charge in [0.15, 0.2) is 0 Å². The third-order valence-corrected chi connectivity index (χ3v) is 19.9. The fourth-order valence-electron chi connectivity index (χ4n) is 15.6. The van der Waals surface area contributed by atoms with Crippen LogP contribution >= 0.6 is 0 Å². The van der Waals surface area contributed by atoms with Gasteiger partial charge in [-0.3, -0.25) is 0 Å². The van der Waals surface area contributed by atoms with Crippen molar-refractivity contribution in [3.63, 3.8) is 0 Å². The highest BCUT2D eigenvalue weighted by Gasteiger charge is 2.46. The van der Waals surface area contributed by atoms with E-state index in [0.29, 0.717) is 0 Å². The molecule has 0 aromatic heterocycles. The lowest BCUT2D eigenvalue weighted by molar-refractivity contribution is 0.465. The summed E-state index contributed by atoms with van der Waals surface area (Å²) >= 11 is 0. The van der Waals surface area contributed by atoms with Crippen molar-refractivity contribution >= 4 is 114 Å². The fourth-order valence-corrected chi connectivity index (χ4v) is 15.6. The van der Waals surface area contributed by atoms with E-state index in [2.05, 4.69) is 384 Å². The van der Waals surface area contributed by atoms with Gasteiger partial charge < -0.3 is 29.1 Å². The standard InChI is InChI=1S/C90H60B2N4O2/c1-8-27-61(28-9-1)64-33-26-42-72(53-64)95-81-59-73(93(68-34-14-4-15-35-68)69-36-16-5-17-37-69)48-50-76(81)91-77-51-49-74(94(70-38-18-6-19-39-70)71-40-20-7-21-41-71)60-82(77)96(80-45-24-22-43-75(80)63-31-12-3-13-32-63)84-56-66(55-83(95)89(84)91)67-57-87-90-88(58-67)98-86-52-47-65(62-29-10-2-11-30-62)54-79(86)92(90)78-44-23-25-46-85(78)97-87/h1-60H. The van der Waals surface area contributed by atoms with Crippen LogP contribution in [-0.2, 0) is 0 Å². The van der Waals surface area contributed by atoms with Crippen molar-refractivity contribution in [2.24, 2.45) is 0 Å². The minimum absolute atomic E-state index is 0.136. The van der Waals surface area contributed by atoms with Gasteiger partial charge in [-0.2, -0.15) is 0 Å². The first-order valence-electron chi connectivity index (χ1n) is 33.6. The van der Waals surface area contributed by atoms with Gasteiger partial charge in [0.1, 0.15) is 23.0 Å². The van der Waals surface area contributed by atoms with Gasteiger partial charge in [-0.15, -0.1) is 0 Å². The average Bonchev–Trinajstić information content (AvgIpc) is 0.696. The smallest absolute Gasteiger partial charge is 0.260 e. The quantitative estimate of drug-likeness (QED) is 0.113. The van der Waals surface area contributed by atoms with Crippen LogP contribution in [0.5, 0.6) is 23.0 Å². The Hall–Kier alpha value is -12.8. The molecule has 0 unspecified atom stereocenters. The molecular weight excluding hydrogens is 1190 g/mol. The first-order chi connectivity index (χ1) is 48.6. The van der Waals surface area contributed by atoms with E-state index in [1.807, 2.05) is 0 Å². The number of nitrogens with zero attached hydrogens (tertiary/aromatic N) is 4. The summed E-state index contributed by atoms with van der Waals surface area (Å²) in [7, 11) is 0. The Bertz CT molecular complexity index is 5460. The SMILES string of the molecule is c1ccc(-c2cccc(N3c4cc(N(c5ccccc5)c5ccccc5)ccc4B4c5ccc(N(c6ccccc6)c6ccccc6)cc5N(c5ccccc5-c5ccccc5)c5cc(-c6cc7c8c(c6)Oc6ccc(-c9ccccc9)cc6B8c6ccccc6O7)cc3c54)c2)cc1. The monoisotopic (exact) mass is 1250 g/mol. The summed E-state index contributed by atoms with van der Waals surface area (Å²) in [6.07, 6.45) is 0. The second-order valence-corrected chi connectivity index (χ2v) is 25.5. The van der Waals surface area contributed by atoms with Gasteiger partial charge in [0.25, 0.3) is 13.4 Å². The first kappa shape index (κ1) is 56.7. The summed E-state index contributed by atoms with van der Waals surface area (Å²) in [5.74, 6) is 3.21. The lowest BCUT2D eigenvalue weighted by Gasteiger charge is -2.45. The molecule has 15 aromatic carbocycles. The second kappa shape index (κ2) is 23.6. The Morgan fingerprint density at radius 2 is 0.643 bits per heavy atom. The number of ether oxygens (including phenoxy) is 2. The van der Waals surface area contributed by atoms with Gasteiger partial charge in [0, 0.05) is 73.6 Å². The number of rotatable bonds is 12. The summed E-state index contributed by atoms with van der Waals surface area (Å²) in [5, 5.41) is 0. The molecule has 19 rings (SSSR count). The lowest BCUT2D eigenvalue weighted by atomic mass is 9.33. The zero-order valence-electron chi connectivity index (χ0n) is 53.4. The van der Waals surface area contributed by atoms with Crippen LogP contribution in [-0.4, -0.2) is 13.4 Å². The van der Waals surface area contributed by atoms with E-state index in [9.17, 15) is 0 Å². The van der Waals surface area contributed by atoms with Gasteiger partial charge in [-0.05, 0) is 194 Å². The Morgan fingerprint density at radius 3 is 1.20 bits per heavy atom. The minimum atomic E-state index is -0.245. The summed E-state index contributed by atoms with van der Waals surface area (Å²) in [6, 6.07) is 132. The molecule has 6 nitrogen and oxygen atoms in total.